The van der Waals surface area contributed by atoms with Gasteiger partial charge in [0, 0.05) is 24.1 Å². The molecule has 4 heteroatoms. The van der Waals surface area contributed by atoms with Crippen LogP contribution in [0.1, 0.15) is 30.5 Å². The zero-order valence-corrected chi connectivity index (χ0v) is 13.3. The molecule has 0 saturated heterocycles. The fourth-order valence-corrected chi connectivity index (χ4v) is 3.52. The second-order valence-corrected chi connectivity index (χ2v) is 6.28. The van der Waals surface area contributed by atoms with Gasteiger partial charge in [0.2, 0.25) is 0 Å². The highest BCUT2D eigenvalue weighted by molar-refractivity contribution is 7.07. The molecule has 2 aromatic rings. The van der Waals surface area contributed by atoms with Crippen molar-refractivity contribution in [3.8, 4) is 11.5 Å². The first-order valence-corrected chi connectivity index (χ1v) is 8.28. The first-order chi connectivity index (χ1) is 10.3. The first-order valence-electron chi connectivity index (χ1n) is 7.34. The van der Waals surface area contributed by atoms with Gasteiger partial charge >= 0.3 is 0 Å². The van der Waals surface area contributed by atoms with E-state index < -0.39 is 0 Å². The van der Waals surface area contributed by atoms with Crippen molar-refractivity contribution in [2.75, 3.05) is 13.7 Å². The number of hydrogen-bond donors (Lipinski definition) is 1. The Hall–Kier alpha value is -1.52. The van der Waals surface area contributed by atoms with Crippen LogP contribution in [0.3, 0.4) is 0 Å². The minimum absolute atomic E-state index is 0.331. The molecule has 3 nitrogen and oxygen atoms in total. The highest BCUT2D eigenvalue weighted by Gasteiger charge is 2.23. The summed E-state index contributed by atoms with van der Waals surface area (Å²) in [6, 6.07) is 9.01. The van der Waals surface area contributed by atoms with Gasteiger partial charge in [-0.25, -0.2) is 0 Å². The summed E-state index contributed by atoms with van der Waals surface area (Å²) < 4.78 is 11.1. The third kappa shape index (κ3) is 3.39. The summed E-state index contributed by atoms with van der Waals surface area (Å²) in [5, 5.41) is 8.09. The molecule has 0 amide bonds. The second-order valence-electron chi connectivity index (χ2n) is 5.50. The minimum atomic E-state index is 0.331. The molecule has 1 aliphatic heterocycles. The molecule has 112 valence electrons. The fourth-order valence-electron chi connectivity index (χ4n) is 2.84. The largest absolute Gasteiger partial charge is 0.497 e. The number of hydrogen-bond acceptors (Lipinski definition) is 4. The predicted molar refractivity (Wildman–Crippen MR) is 86.5 cm³/mol. The SMILES string of the molecule is COc1ccc2c(c1)C(NC(C)Cc1ccsc1)CCO2. The summed E-state index contributed by atoms with van der Waals surface area (Å²) in [5.74, 6) is 1.86. The van der Waals surface area contributed by atoms with Crippen molar-refractivity contribution in [2.24, 2.45) is 0 Å². The smallest absolute Gasteiger partial charge is 0.124 e. The van der Waals surface area contributed by atoms with Crippen LogP contribution in [0.15, 0.2) is 35.0 Å². The summed E-state index contributed by atoms with van der Waals surface area (Å²) in [5.41, 5.74) is 2.61. The zero-order chi connectivity index (χ0) is 14.7. The van der Waals surface area contributed by atoms with Crippen LogP contribution in [0.2, 0.25) is 0 Å². The van der Waals surface area contributed by atoms with Gasteiger partial charge in [0.05, 0.1) is 13.7 Å². The Morgan fingerprint density at radius 1 is 1.43 bits per heavy atom. The van der Waals surface area contributed by atoms with E-state index in [-0.39, 0.29) is 0 Å². The fraction of sp³-hybridized carbons (Fsp3) is 0.412. The molecule has 1 aromatic carbocycles. The van der Waals surface area contributed by atoms with Crippen molar-refractivity contribution in [3.05, 3.63) is 46.2 Å². The standard InChI is InChI=1S/C17H21NO2S/c1-12(9-13-6-8-21-11-13)18-16-5-7-20-17-4-3-14(19-2)10-15(16)17/h3-4,6,8,10-12,16,18H,5,7,9H2,1-2H3. The van der Waals surface area contributed by atoms with E-state index in [1.165, 1.54) is 11.1 Å². The molecule has 2 heterocycles. The van der Waals surface area contributed by atoms with Gasteiger partial charge in [-0.05, 0) is 53.9 Å². The van der Waals surface area contributed by atoms with Gasteiger partial charge in [-0.15, -0.1) is 0 Å². The third-order valence-corrected chi connectivity index (χ3v) is 4.60. The Morgan fingerprint density at radius 2 is 2.33 bits per heavy atom. The number of methoxy groups -OCH3 is 1. The summed E-state index contributed by atoms with van der Waals surface area (Å²) in [6.07, 6.45) is 2.05. The lowest BCUT2D eigenvalue weighted by Gasteiger charge is -2.29. The highest BCUT2D eigenvalue weighted by Crippen LogP contribution is 2.35. The maximum absolute atomic E-state index is 5.75. The number of thiophene rings is 1. The molecule has 0 saturated carbocycles. The van der Waals surface area contributed by atoms with Crippen molar-refractivity contribution in [1.82, 2.24) is 5.32 Å². The topological polar surface area (TPSA) is 30.5 Å². The Morgan fingerprint density at radius 3 is 3.10 bits per heavy atom. The molecular formula is C17H21NO2S. The molecule has 3 rings (SSSR count). The monoisotopic (exact) mass is 303 g/mol. The number of fused-ring (bicyclic) bond motifs is 1. The van der Waals surface area contributed by atoms with Crippen LogP contribution in [0.5, 0.6) is 11.5 Å². The molecule has 0 fully saturated rings. The van der Waals surface area contributed by atoms with Gasteiger partial charge in [-0.3, -0.25) is 0 Å². The van der Waals surface area contributed by atoms with E-state index in [0.29, 0.717) is 12.1 Å². The summed E-state index contributed by atoms with van der Waals surface area (Å²) in [4.78, 5) is 0. The van der Waals surface area contributed by atoms with Gasteiger partial charge in [-0.1, -0.05) is 0 Å². The maximum atomic E-state index is 5.75. The van der Waals surface area contributed by atoms with Crippen molar-refractivity contribution in [3.63, 3.8) is 0 Å². The van der Waals surface area contributed by atoms with Crippen LogP contribution in [0, 0.1) is 0 Å². The van der Waals surface area contributed by atoms with Crippen LogP contribution in [-0.2, 0) is 6.42 Å². The van der Waals surface area contributed by atoms with E-state index in [9.17, 15) is 0 Å². The van der Waals surface area contributed by atoms with Crippen LogP contribution in [-0.4, -0.2) is 19.8 Å². The predicted octanol–water partition coefficient (Wildman–Crippen LogP) is 3.80. The summed E-state index contributed by atoms with van der Waals surface area (Å²) >= 11 is 1.76. The average molecular weight is 303 g/mol. The number of rotatable bonds is 5. The molecule has 2 unspecified atom stereocenters. The Labute approximate surface area is 129 Å². The molecule has 1 N–H and O–H groups in total. The normalized spacial score (nSPS) is 18.7. The van der Waals surface area contributed by atoms with E-state index in [4.69, 9.17) is 9.47 Å². The Balaban J connectivity index is 1.72. The lowest BCUT2D eigenvalue weighted by Crippen LogP contribution is -2.35. The number of nitrogens with one attached hydrogen (secondary N) is 1. The van der Waals surface area contributed by atoms with Crippen molar-refractivity contribution in [1.29, 1.82) is 0 Å². The maximum Gasteiger partial charge on any atom is 0.124 e. The molecule has 21 heavy (non-hydrogen) atoms. The molecule has 1 aliphatic rings. The van der Waals surface area contributed by atoms with Crippen LogP contribution >= 0.6 is 11.3 Å². The van der Waals surface area contributed by atoms with Crippen molar-refractivity contribution in [2.45, 2.75) is 31.8 Å². The van der Waals surface area contributed by atoms with Gasteiger partial charge in [0.1, 0.15) is 11.5 Å². The molecule has 0 radical (unpaired) electrons. The summed E-state index contributed by atoms with van der Waals surface area (Å²) in [7, 11) is 1.70. The summed E-state index contributed by atoms with van der Waals surface area (Å²) in [6.45, 7) is 3.01. The van der Waals surface area contributed by atoms with Crippen molar-refractivity contribution >= 4 is 11.3 Å². The minimum Gasteiger partial charge on any atom is -0.497 e. The van der Waals surface area contributed by atoms with E-state index in [0.717, 1.165) is 30.9 Å². The Bertz CT molecular complexity index is 582. The molecule has 2 atom stereocenters. The van der Waals surface area contributed by atoms with Crippen molar-refractivity contribution < 1.29 is 9.47 Å². The average Bonchev–Trinajstić information content (AvgIpc) is 3.00. The third-order valence-electron chi connectivity index (χ3n) is 3.86. The van der Waals surface area contributed by atoms with E-state index in [1.807, 2.05) is 12.1 Å². The molecular weight excluding hydrogens is 282 g/mol. The first kappa shape index (κ1) is 14.4. The zero-order valence-electron chi connectivity index (χ0n) is 12.5. The highest BCUT2D eigenvalue weighted by atomic mass is 32.1. The quantitative estimate of drug-likeness (QED) is 0.911. The number of ether oxygens (including phenoxy) is 2. The Kier molecular flexibility index (Phi) is 4.46. The van der Waals surface area contributed by atoms with Gasteiger partial charge < -0.3 is 14.8 Å². The lowest BCUT2D eigenvalue weighted by molar-refractivity contribution is 0.244. The van der Waals surface area contributed by atoms with E-state index >= 15 is 0 Å². The number of benzene rings is 1. The van der Waals surface area contributed by atoms with Gasteiger partial charge in [-0.2, -0.15) is 11.3 Å². The van der Waals surface area contributed by atoms with Crippen LogP contribution < -0.4 is 14.8 Å². The van der Waals surface area contributed by atoms with Gasteiger partial charge in [0.25, 0.3) is 0 Å². The van der Waals surface area contributed by atoms with E-state index in [1.54, 1.807) is 18.4 Å². The van der Waals surface area contributed by atoms with Crippen LogP contribution in [0.25, 0.3) is 0 Å². The molecule has 0 spiro atoms. The van der Waals surface area contributed by atoms with Crippen LogP contribution in [0.4, 0.5) is 0 Å². The van der Waals surface area contributed by atoms with E-state index in [2.05, 4.69) is 35.1 Å². The molecule has 0 aliphatic carbocycles. The molecule has 1 aromatic heterocycles. The van der Waals surface area contributed by atoms with Gasteiger partial charge in [0.15, 0.2) is 0 Å². The second kappa shape index (κ2) is 6.50. The molecule has 0 bridgehead atoms. The lowest BCUT2D eigenvalue weighted by atomic mass is 9.98.